The van der Waals surface area contributed by atoms with Crippen molar-refractivity contribution in [2.75, 3.05) is 23.4 Å². The summed E-state index contributed by atoms with van der Waals surface area (Å²) >= 11 is 2.00. The molecule has 2 rings (SSSR count). The van der Waals surface area contributed by atoms with Crippen LogP contribution in [-0.4, -0.2) is 43.3 Å². The summed E-state index contributed by atoms with van der Waals surface area (Å²) in [7, 11) is 0. The van der Waals surface area contributed by atoms with E-state index in [1.165, 1.54) is 16.1 Å². The Labute approximate surface area is 111 Å². The van der Waals surface area contributed by atoms with Gasteiger partial charge in [-0.25, -0.2) is 0 Å². The number of hydrogen-bond donors (Lipinski definition) is 1. The van der Waals surface area contributed by atoms with E-state index in [-0.39, 0.29) is 0 Å². The molecular weight excluding hydrogens is 248 g/mol. The van der Waals surface area contributed by atoms with Gasteiger partial charge in [-0.15, -0.1) is 14.8 Å². The molecular formula is C11H18N6S. The monoisotopic (exact) mass is 266 g/mol. The first-order chi connectivity index (χ1) is 8.75. The molecule has 98 valence electrons. The van der Waals surface area contributed by atoms with E-state index in [1.807, 2.05) is 23.9 Å². The van der Waals surface area contributed by atoms with Crippen molar-refractivity contribution in [1.29, 1.82) is 0 Å². The third-order valence-corrected chi connectivity index (χ3v) is 3.77. The molecule has 0 aromatic carbocycles. The van der Waals surface area contributed by atoms with E-state index < -0.39 is 0 Å². The lowest BCUT2D eigenvalue weighted by atomic mass is 10.3. The van der Waals surface area contributed by atoms with Crippen LogP contribution in [0.25, 0.3) is 5.65 Å². The van der Waals surface area contributed by atoms with Gasteiger partial charge in [-0.3, -0.25) is 0 Å². The summed E-state index contributed by atoms with van der Waals surface area (Å²) in [4.78, 5) is 0. The molecule has 0 amide bonds. The molecule has 6 nitrogen and oxygen atoms in total. The van der Waals surface area contributed by atoms with Crippen LogP contribution in [0.15, 0.2) is 12.1 Å². The lowest BCUT2D eigenvalue weighted by Gasteiger charge is -2.06. The van der Waals surface area contributed by atoms with Crippen molar-refractivity contribution in [2.45, 2.75) is 20.3 Å². The van der Waals surface area contributed by atoms with Crippen molar-refractivity contribution in [3.8, 4) is 0 Å². The molecule has 0 radical (unpaired) electrons. The summed E-state index contributed by atoms with van der Waals surface area (Å²) in [5.41, 5.74) is 0.660. The van der Waals surface area contributed by atoms with Gasteiger partial charge in [-0.2, -0.15) is 11.8 Å². The van der Waals surface area contributed by atoms with E-state index in [2.05, 4.69) is 39.8 Å². The molecule has 2 aromatic heterocycles. The molecule has 0 unspecified atom stereocenters. The lowest BCUT2D eigenvalue weighted by molar-refractivity contribution is 0.733. The maximum Gasteiger partial charge on any atom is 0.200 e. The molecule has 1 N–H and O–H groups in total. The van der Waals surface area contributed by atoms with Crippen LogP contribution >= 0.6 is 11.8 Å². The zero-order chi connectivity index (χ0) is 12.8. The molecule has 18 heavy (non-hydrogen) atoms. The zero-order valence-corrected chi connectivity index (χ0v) is 11.5. The Morgan fingerprint density at radius 3 is 3.11 bits per heavy atom. The highest BCUT2D eigenvalue weighted by Gasteiger charge is 2.00. The first-order valence-electron chi connectivity index (χ1n) is 6.13. The van der Waals surface area contributed by atoms with E-state index in [9.17, 15) is 0 Å². The first-order valence-corrected chi connectivity index (χ1v) is 7.28. The van der Waals surface area contributed by atoms with Gasteiger partial charge >= 0.3 is 0 Å². The number of tetrazole rings is 1. The van der Waals surface area contributed by atoms with Crippen LogP contribution in [0.4, 0.5) is 5.82 Å². The SMILES string of the molecule is CC(C)CSCCCNc1ccc2nnnn2n1. The molecule has 0 saturated heterocycles. The molecule has 0 fully saturated rings. The summed E-state index contributed by atoms with van der Waals surface area (Å²) in [5.74, 6) is 3.99. The molecule has 7 heteroatoms. The number of aromatic nitrogens is 5. The molecule has 0 saturated carbocycles. The maximum atomic E-state index is 4.24. The highest BCUT2D eigenvalue weighted by atomic mass is 32.2. The maximum absolute atomic E-state index is 4.24. The van der Waals surface area contributed by atoms with Crippen molar-refractivity contribution in [3.63, 3.8) is 0 Å². The Morgan fingerprint density at radius 2 is 2.28 bits per heavy atom. The Bertz CT molecular complexity index is 483. The number of anilines is 1. The van der Waals surface area contributed by atoms with Crippen LogP contribution < -0.4 is 5.32 Å². The summed E-state index contributed by atoms with van der Waals surface area (Å²) in [5, 5.41) is 18.6. The minimum Gasteiger partial charge on any atom is -0.369 e. The minimum atomic E-state index is 0.660. The highest BCUT2D eigenvalue weighted by Crippen LogP contribution is 2.09. The normalized spacial score (nSPS) is 11.3. The van der Waals surface area contributed by atoms with Crippen molar-refractivity contribution < 1.29 is 0 Å². The Hall–Kier alpha value is -1.37. The molecule has 2 aromatic rings. The van der Waals surface area contributed by atoms with Crippen LogP contribution in [0, 0.1) is 5.92 Å². The zero-order valence-electron chi connectivity index (χ0n) is 10.7. The largest absolute Gasteiger partial charge is 0.369 e. The molecule has 0 aliphatic rings. The van der Waals surface area contributed by atoms with Crippen molar-refractivity contribution in [2.24, 2.45) is 5.92 Å². The van der Waals surface area contributed by atoms with E-state index in [0.717, 1.165) is 24.7 Å². The number of nitrogens with one attached hydrogen (secondary N) is 1. The highest BCUT2D eigenvalue weighted by molar-refractivity contribution is 7.99. The summed E-state index contributed by atoms with van der Waals surface area (Å²) in [6.45, 7) is 5.42. The molecule has 0 bridgehead atoms. The number of thioether (sulfide) groups is 1. The number of hydrogen-bond acceptors (Lipinski definition) is 6. The van der Waals surface area contributed by atoms with Gasteiger partial charge < -0.3 is 5.32 Å². The average molecular weight is 266 g/mol. The van der Waals surface area contributed by atoms with Gasteiger partial charge in [-0.05, 0) is 46.4 Å². The van der Waals surface area contributed by atoms with E-state index in [1.54, 1.807) is 0 Å². The van der Waals surface area contributed by atoms with Gasteiger partial charge in [0.2, 0.25) is 0 Å². The lowest BCUT2D eigenvalue weighted by Crippen LogP contribution is -2.07. The number of fused-ring (bicyclic) bond motifs is 1. The molecule has 0 spiro atoms. The standard InChI is InChI=1S/C11H18N6S/c1-9(2)8-18-7-3-6-12-10-4-5-11-13-15-16-17(11)14-10/h4-5,9H,3,6-8H2,1-2H3,(H,12,14). The third kappa shape index (κ3) is 3.83. The van der Waals surface area contributed by atoms with Gasteiger partial charge in [0.25, 0.3) is 0 Å². The average Bonchev–Trinajstić information content (AvgIpc) is 2.80. The third-order valence-electron chi connectivity index (χ3n) is 2.29. The van der Waals surface area contributed by atoms with Crippen LogP contribution in [0.1, 0.15) is 20.3 Å². The molecule has 0 atom stereocenters. The fourth-order valence-electron chi connectivity index (χ4n) is 1.45. The Morgan fingerprint density at radius 1 is 1.39 bits per heavy atom. The minimum absolute atomic E-state index is 0.660. The number of nitrogens with zero attached hydrogens (tertiary/aromatic N) is 5. The fraction of sp³-hybridized carbons (Fsp3) is 0.636. The van der Waals surface area contributed by atoms with Crippen molar-refractivity contribution in [3.05, 3.63) is 12.1 Å². The van der Waals surface area contributed by atoms with E-state index in [4.69, 9.17) is 0 Å². The van der Waals surface area contributed by atoms with Crippen LogP contribution in [0.2, 0.25) is 0 Å². The van der Waals surface area contributed by atoms with Gasteiger partial charge in [0, 0.05) is 6.54 Å². The van der Waals surface area contributed by atoms with Crippen LogP contribution in [0.3, 0.4) is 0 Å². The van der Waals surface area contributed by atoms with Gasteiger partial charge in [0.1, 0.15) is 5.82 Å². The second-order valence-electron chi connectivity index (χ2n) is 4.49. The van der Waals surface area contributed by atoms with Crippen LogP contribution in [0.5, 0.6) is 0 Å². The second-order valence-corrected chi connectivity index (χ2v) is 5.64. The predicted molar refractivity (Wildman–Crippen MR) is 73.8 cm³/mol. The molecule has 0 aliphatic carbocycles. The number of rotatable bonds is 7. The second kappa shape index (κ2) is 6.53. The van der Waals surface area contributed by atoms with Crippen molar-refractivity contribution >= 4 is 23.2 Å². The van der Waals surface area contributed by atoms with Crippen molar-refractivity contribution in [1.82, 2.24) is 25.3 Å². The van der Waals surface area contributed by atoms with Gasteiger partial charge in [0.15, 0.2) is 5.65 Å². The topological polar surface area (TPSA) is 68.0 Å². The quantitative estimate of drug-likeness (QED) is 0.769. The summed E-state index contributed by atoms with van der Waals surface area (Å²) < 4.78 is 1.43. The summed E-state index contributed by atoms with van der Waals surface area (Å²) in [6, 6.07) is 3.75. The Balaban J connectivity index is 1.70. The van der Waals surface area contributed by atoms with Crippen LogP contribution in [-0.2, 0) is 0 Å². The molecule has 0 aliphatic heterocycles. The smallest absolute Gasteiger partial charge is 0.200 e. The van der Waals surface area contributed by atoms with Gasteiger partial charge in [-0.1, -0.05) is 13.8 Å². The van der Waals surface area contributed by atoms with Gasteiger partial charge in [0.05, 0.1) is 0 Å². The summed E-state index contributed by atoms with van der Waals surface area (Å²) in [6.07, 6.45) is 1.13. The Kier molecular flexibility index (Phi) is 4.74. The molecule has 2 heterocycles. The fourth-order valence-corrected chi connectivity index (χ4v) is 2.44. The predicted octanol–water partition coefficient (Wildman–Crippen LogP) is 1.71. The van der Waals surface area contributed by atoms with E-state index in [0.29, 0.717) is 5.65 Å². The first kappa shape index (κ1) is 13.1. The van der Waals surface area contributed by atoms with E-state index >= 15 is 0 Å².